The topological polar surface area (TPSA) is 68.0 Å². The number of aromatic nitrogens is 1. The molecule has 86 valence electrons. The van der Waals surface area contributed by atoms with Gasteiger partial charge in [0.05, 0.1) is 0 Å². The lowest BCUT2D eigenvalue weighted by atomic mass is 9.82. The van der Waals surface area contributed by atoms with Gasteiger partial charge in [-0.15, -0.1) is 0 Å². The fourth-order valence-corrected chi connectivity index (χ4v) is 1.96. The van der Waals surface area contributed by atoms with Crippen LogP contribution in [0.2, 0.25) is 0 Å². The molecule has 3 N–H and O–H groups in total. The summed E-state index contributed by atoms with van der Waals surface area (Å²) in [4.78, 5) is 15.8. The van der Waals surface area contributed by atoms with Crippen LogP contribution in [0.3, 0.4) is 0 Å². The number of hydrogen-bond acceptors (Lipinski definition) is 3. The first-order valence-corrected chi connectivity index (χ1v) is 5.65. The van der Waals surface area contributed by atoms with Crippen molar-refractivity contribution in [1.82, 2.24) is 10.3 Å². The summed E-state index contributed by atoms with van der Waals surface area (Å²) in [6.07, 6.45) is 3.80. The molecule has 0 radical (unpaired) electrons. The van der Waals surface area contributed by atoms with Gasteiger partial charge in [-0.2, -0.15) is 0 Å². The number of rotatable bonds is 3. The summed E-state index contributed by atoms with van der Waals surface area (Å²) >= 11 is 0. The molecule has 4 nitrogen and oxygen atoms in total. The molecule has 0 aromatic carbocycles. The number of hydrogen-bond donors (Lipinski definition) is 2. The number of nitrogens with zero attached hydrogens (tertiary/aromatic N) is 1. The Morgan fingerprint density at radius 2 is 2.31 bits per heavy atom. The third-order valence-electron chi connectivity index (χ3n) is 3.00. The van der Waals surface area contributed by atoms with E-state index in [2.05, 4.69) is 17.2 Å². The van der Waals surface area contributed by atoms with Crippen LogP contribution in [0.4, 0.5) is 0 Å². The van der Waals surface area contributed by atoms with Gasteiger partial charge in [0.25, 0.3) is 5.91 Å². The molecule has 1 heterocycles. The largest absolute Gasteiger partial charge is 0.348 e. The second-order valence-corrected chi connectivity index (χ2v) is 4.50. The highest BCUT2D eigenvalue weighted by atomic mass is 16.1. The van der Waals surface area contributed by atoms with Crippen molar-refractivity contribution in [3.63, 3.8) is 0 Å². The minimum absolute atomic E-state index is 0.0829. The van der Waals surface area contributed by atoms with Crippen LogP contribution >= 0.6 is 0 Å². The Balaban J connectivity index is 1.93. The van der Waals surface area contributed by atoms with Crippen molar-refractivity contribution in [2.75, 3.05) is 0 Å². The number of pyridine rings is 1. The van der Waals surface area contributed by atoms with Crippen molar-refractivity contribution < 1.29 is 4.79 Å². The maximum Gasteiger partial charge on any atom is 0.270 e. The van der Waals surface area contributed by atoms with Crippen LogP contribution in [0.1, 0.15) is 35.8 Å². The Hall–Kier alpha value is -1.42. The summed E-state index contributed by atoms with van der Waals surface area (Å²) in [6, 6.07) is 3.89. The highest BCUT2D eigenvalue weighted by molar-refractivity contribution is 5.92. The van der Waals surface area contributed by atoms with E-state index in [0.29, 0.717) is 18.3 Å². The Morgan fingerprint density at radius 1 is 1.56 bits per heavy atom. The monoisotopic (exact) mass is 219 g/mol. The summed E-state index contributed by atoms with van der Waals surface area (Å²) in [5.74, 6) is 0.651. The smallest absolute Gasteiger partial charge is 0.270 e. The summed E-state index contributed by atoms with van der Waals surface area (Å²) in [5.41, 5.74) is 6.87. The van der Waals surface area contributed by atoms with Gasteiger partial charge in [0.15, 0.2) is 0 Å². The maximum atomic E-state index is 11.7. The number of nitrogens with one attached hydrogen (secondary N) is 1. The lowest BCUT2D eigenvalue weighted by molar-refractivity contribution is 0.0891. The van der Waals surface area contributed by atoms with Gasteiger partial charge in [0, 0.05) is 18.8 Å². The van der Waals surface area contributed by atoms with E-state index in [-0.39, 0.29) is 5.91 Å². The predicted octanol–water partition coefficient (Wildman–Crippen LogP) is 1.07. The Morgan fingerprint density at radius 3 is 2.81 bits per heavy atom. The first-order chi connectivity index (χ1) is 7.69. The molecule has 0 unspecified atom stereocenters. The van der Waals surface area contributed by atoms with Gasteiger partial charge in [-0.05, 0) is 30.4 Å². The summed E-state index contributed by atoms with van der Waals surface area (Å²) in [5, 5.41) is 2.97. The number of nitrogens with two attached hydrogens (primary N) is 1. The number of carbonyl (C=O) groups is 1. The van der Waals surface area contributed by atoms with Crippen molar-refractivity contribution >= 4 is 5.91 Å². The van der Waals surface area contributed by atoms with Crippen LogP contribution in [-0.4, -0.2) is 16.9 Å². The second kappa shape index (κ2) is 4.61. The molecule has 2 rings (SSSR count). The van der Waals surface area contributed by atoms with Gasteiger partial charge >= 0.3 is 0 Å². The number of amides is 1. The molecule has 4 heteroatoms. The Bertz CT molecular complexity index is 368. The van der Waals surface area contributed by atoms with Crippen molar-refractivity contribution in [2.45, 2.75) is 32.4 Å². The minimum atomic E-state index is -0.0829. The van der Waals surface area contributed by atoms with Crippen molar-refractivity contribution in [3.05, 3.63) is 29.6 Å². The molecule has 1 aliphatic rings. The van der Waals surface area contributed by atoms with Crippen LogP contribution in [-0.2, 0) is 6.54 Å². The average Bonchev–Trinajstić information content (AvgIpc) is 2.27. The molecule has 0 saturated heterocycles. The van der Waals surface area contributed by atoms with Crippen LogP contribution in [0.5, 0.6) is 0 Å². The van der Waals surface area contributed by atoms with Crippen molar-refractivity contribution in [2.24, 2.45) is 11.7 Å². The molecule has 1 aromatic heterocycles. The fourth-order valence-electron chi connectivity index (χ4n) is 1.96. The third kappa shape index (κ3) is 2.39. The van der Waals surface area contributed by atoms with Gasteiger partial charge in [-0.1, -0.05) is 13.0 Å². The molecule has 0 aliphatic heterocycles. The van der Waals surface area contributed by atoms with Crippen LogP contribution in [0, 0.1) is 5.92 Å². The molecule has 0 spiro atoms. The quantitative estimate of drug-likeness (QED) is 0.799. The van der Waals surface area contributed by atoms with Gasteiger partial charge in [-0.25, -0.2) is 0 Å². The van der Waals surface area contributed by atoms with Crippen molar-refractivity contribution in [1.29, 1.82) is 0 Å². The van der Waals surface area contributed by atoms with Crippen LogP contribution in [0.15, 0.2) is 18.3 Å². The first-order valence-electron chi connectivity index (χ1n) is 5.65. The zero-order valence-electron chi connectivity index (χ0n) is 9.44. The summed E-state index contributed by atoms with van der Waals surface area (Å²) in [6.45, 7) is 2.64. The van der Waals surface area contributed by atoms with Crippen LogP contribution < -0.4 is 11.1 Å². The molecule has 1 saturated carbocycles. The number of carbonyl (C=O) groups excluding carboxylic acids is 1. The Labute approximate surface area is 95.3 Å². The standard InChI is InChI=1S/C12H17N3O/c1-8-4-10(5-8)15-12(16)11-3-2-9(6-13)7-14-11/h2-3,7-8,10H,4-6,13H2,1H3,(H,15,16). The molecular weight excluding hydrogens is 202 g/mol. The van der Waals surface area contributed by atoms with E-state index in [1.54, 1.807) is 12.3 Å². The molecule has 1 fully saturated rings. The molecule has 1 amide bonds. The lowest BCUT2D eigenvalue weighted by Gasteiger charge is -2.33. The van der Waals surface area contributed by atoms with E-state index in [0.717, 1.165) is 24.3 Å². The summed E-state index contributed by atoms with van der Waals surface area (Å²) < 4.78 is 0. The van der Waals surface area contributed by atoms with E-state index in [4.69, 9.17) is 5.73 Å². The molecular formula is C12H17N3O. The van der Waals surface area contributed by atoms with Gasteiger partial charge in [0.1, 0.15) is 5.69 Å². The van der Waals surface area contributed by atoms with E-state index < -0.39 is 0 Å². The van der Waals surface area contributed by atoms with Gasteiger partial charge < -0.3 is 11.1 Å². The molecule has 1 aromatic rings. The zero-order chi connectivity index (χ0) is 11.5. The summed E-state index contributed by atoms with van der Waals surface area (Å²) in [7, 11) is 0. The zero-order valence-corrected chi connectivity index (χ0v) is 9.44. The van der Waals surface area contributed by atoms with Crippen molar-refractivity contribution in [3.8, 4) is 0 Å². The highest BCUT2D eigenvalue weighted by Crippen LogP contribution is 2.26. The fraction of sp³-hybridized carbons (Fsp3) is 0.500. The molecule has 16 heavy (non-hydrogen) atoms. The molecule has 0 bridgehead atoms. The van der Waals surface area contributed by atoms with E-state index in [9.17, 15) is 4.79 Å². The average molecular weight is 219 g/mol. The maximum absolute atomic E-state index is 11.7. The van der Waals surface area contributed by atoms with Crippen LogP contribution in [0.25, 0.3) is 0 Å². The predicted molar refractivity (Wildman–Crippen MR) is 61.8 cm³/mol. The lowest BCUT2D eigenvalue weighted by Crippen LogP contribution is -2.43. The Kier molecular flexibility index (Phi) is 3.19. The van der Waals surface area contributed by atoms with E-state index in [1.165, 1.54) is 0 Å². The molecule has 0 atom stereocenters. The van der Waals surface area contributed by atoms with Gasteiger partial charge in [-0.3, -0.25) is 9.78 Å². The first kappa shape index (κ1) is 11.1. The molecule has 1 aliphatic carbocycles. The second-order valence-electron chi connectivity index (χ2n) is 4.50. The highest BCUT2D eigenvalue weighted by Gasteiger charge is 2.27. The van der Waals surface area contributed by atoms with Gasteiger partial charge in [0.2, 0.25) is 0 Å². The minimum Gasteiger partial charge on any atom is -0.348 e. The SMILES string of the molecule is CC1CC(NC(=O)c2ccc(CN)cn2)C1. The third-order valence-corrected chi connectivity index (χ3v) is 3.00. The van der Waals surface area contributed by atoms with E-state index >= 15 is 0 Å². The normalized spacial score (nSPS) is 23.6. The van der Waals surface area contributed by atoms with E-state index in [1.807, 2.05) is 6.07 Å².